The molecule has 4 aromatic rings. The third kappa shape index (κ3) is 2.52. The van der Waals surface area contributed by atoms with Crippen LogP contribution in [0.3, 0.4) is 0 Å². The van der Waals surface area contributed by atoms with Gasteiger partial charge in [-0.05, 0) is 30.7 Å². The molecule has 0 unspecified atom stereocenters. The van der Waals surface area contributed by atoms with Gasteiger partial charge in [-0.15, -0.1) is 0 Å². The number of H-pyrrole nitrogens is 1. The molecule has 2 aromatic heterocycles. The largest absolute Gasteiger partial charge is 0.354 e. The number of aromatic nitrogens is 3. The van der Waals surface area contributed by atoms with E-state index in [9.17, 15) is 9.59 Å². The normalized spacial score (nSPS) is 14.3. The highest BCUT2D eigenvalue weighted by molar-refractivity contribution is 6.07. The number of para-hydroxylation sites is 2. The number of rotatable bonds is 1. The Morgan fingerprint density at radius 3 is 2.81 bits per heavy atom. The molecule has 1 aliphatic heterocycles. The molecule has 1 aliphatic rings. The van der Waals surface area contributed by atoms with Crippen LogP contribution in [0.25, 0.3) is 21.8 Å². The lowest BCUT2D eigenvalue weighted by Gasteiger charge is -2.21. The first-order valence-electron chi connectivity index (χ1n) is 9.04. The molecule has 2 aromatic carbocycles. The van der Waals surface area contributed by atoms with Crippen molar-refractivity contribution in [3.63, 3.8) is 0 Å². The summed E-state index contributed by atoms with van der Waals surface area (Å²) in [5.74, 6) is -0.0684. The van der Waals surface area contributed by atoms with Crippen molar-refractivity contribution in [3.8, 4) is 0 Å². The Bertz CT molecular complexity index is 1240. The number of carbonyl (C=O) groups excluding carboxylic acids is 1. The highest BCUT2D eigenvalue weighted by atomic mass is 16.2. The van der Waals surface area contributed by atoms with E-state index in [1.165, 1.54) is 0 Å². The van der Waals surface area contributed by atoms with Gasteiger partial charge in [-0.3, -0.25) is 9.59 Å². The number of benzene rings is 2. The van der Waals surface area contributed by atoms with Gasteiger partial charge in [-0.25, -0.2) is 4.98 Å². The highest BCUT2D eigenvalue weighted by Crippen LogP contribution is 2.21. The van der Waals surface area contributed by atoms with Crippen molar-refractivity contribution in [1.82, 2.24) is 19.4 Å². The van der Waals surface area contributed by atoms with Crippen molar-refractivity contribution >= 4 is 27.7 Å². The fraction of sp³-hybridized carbons (Fsp3) is 0.190. The monoisotopic (exact) mass is 358 g/mol. The van der Waals surface area contributed by atoms with Crippen LogP contribution in [0.15, 0.2) is 59.8 Å². The zero-order valence-corrected chi connectivity index (χ0v) is 14.7. The number of nitrogens with one attached hydrogen (secondary N) is 1. The van der Waals surface area contributed by atoms with Crippen molar-refractivity contribution in [2.45, 2.75) is 19.5 Å². The van der Waals surface area contributed by atoms with E-state index in [-0.39, 0.29) is 11.3 Å². The number of fused-ring (bicyclic) bond motifs is 3. The third-order valence-corrected chi connectivity index (χ3v) is 5.24. The molecule has 6 nitrogen and oxygen atoms in total. The minimum absolute atomic E-state index is 0.0528. The number of aromatic amines is 1. The van der Waals surface area contributed by atoms with Gasteiger partial charge in [0.1, 0.15) is 0 Å². The number of carbonyl (C=O) groups is 1. The zero-order chi connectivity index (χ0) is 18.4. The topological polar surface area (TPSA) is 71.0 Å². The first kappa shape index (κ1) is 15.8. The Hall–Kier alpha value is -3.41. The van der Waals surface area contributed by atoms with Crippen molar-refractivity contribution < 1.29 is 4.79 Å². The number of amides is 1. The fourth-order valence-corrected chi connectivity index (χ4v) is 3.86. The minimum Gasteiger partial charge on any atom is -0.354 e. The summed E-state index contributed by atoms with van der Waals surface area (Å²) < 4.78 is 2.09. The van der Waals surface area contributed by atoms with E-state index in [4.69, 9.17) is 0 Å². The van der Waals surface area contributed by atoms with E-state index < -0.39 is 0 Å². The maximum atomic E-state index is 13.3. The molecule has 0 atom stereocenters. The van der Waals surface area contributed by atoms with Crippen LogP contribution in [0.1, 0.15) is 22.5 Å². The van der Waals surface area contributed by atoms with Crippen LogP contribution in [0, 0.1) is 0 Å². The van der Waals surface area contributed by atoms with Gasteiger partial charge in [0.2, 0.25) is 0 Å². The molecule has 6 heteroatoms. The van der Waals surface area contributed by atoms with Crippen molar-refractivity contribution in [2.75, 3.05) is 6.54 Å². The molecule has 0 saturated heterocycles. The first-order chi connectivity index (χ1) is 13.2. The minimum atomic E-state index is -0.0684. The Kier molecular flexibility index (Phi) is 3.57. The number of aryl methyl sites for hydroxylation is 1. The van der Waals surface area contributed by atoms with Crippen molar-refractivity contribution in [1.29, 1.82) is 0 Å². The average Bonchev–Trinajstić information content (AvgIpc) is 3.04. The summed E-state index contributed by atoms with van der Waals surface area (Å²) in [6.45, 7) is 2.05. The summed E-state index contributed by atoms with van der Waals surface area (Å²) in [4.78, 5) is 35.5. The molecule has 0 spiro atoms. The summed E-state index contributed by atoms with van der Waals surface area (Å²) in [6, 6.07) is 12.7. The molecule has 0 aliphatic carbocycles. The molecular weight excluding hydrogens is 340 g/mol. The zero-order valence-electron chi connectivity index (χ0n) is 14.7. The van der Waals surface area contributed by atoms with Gasteiger partial charge in [-0.1, -0.05) is 18.2 Å². The number of imidazole rings is 1. The van der Waals surface area contributed by atoms with Crippen LogP contribution in [0.4, 0.5) is 0 Å². The predicted octanol–water partition coefficient (Wildman–Crippen LogP) is 2.92. The molecule has 0 radical (unpaired) electrons. The molecule has 134 valence electrons. The Labute approximate surface area is 155 Å². The number of nitrogens with zero attached hydrogens (tertiary/aromatic N) is 3. The number of hydrogen-bond donors (Lipinski definition) is 1. The maximum absolute atomic E-state index is 13.3. The second kappa shape index (κ2) is 6.09. The van der Waals surface area contributed by atoms with Gasteiger partial charge >= 0.3 is 0 Å². The van der Waals surface area contributed by atoms with Crippen LogP contribution in [0.5, 0.6) is 0 Å². The SMILES string of the molecule is O=C(c1cccc2c(=O)c3ccccc3[nH]c12)N1CCCn2cncc2C1. The van der Waals surface area contributed by atoms with Gasteiger partial charge in [0.25, 0.3) is 5.91 Å². The van der Waals surface area contributed by atoms with E-state index in [0.717, 1.165) is 24.2 Å². The quantitative estimate of drug-likeness (QED) is 0.532. The lowest BCUT2D eigenvalue weighted by atomic mass is 10.1. The predicted molar refractivity (Wildman–Crippen MR) is 104 cm³/mol. The molecule has 5 rings (SSSR count). The van der Waals surface area contributed by atoms with E-state index in [2.05, 4.69) is 14.5 Å². The van der Waals surface area contributed by atoms with Crippen LogP contribution in [-0.2, 0) is 13.1 Å². The van der Waals surface area contributed by atoms with Crippen LogP contribution in [0.2, 0.25) is 0 Å². The average molecular weight is 358 g/mol. The van der Waals surface area contributed by atoms with E-state index in [0.29, 0.717) is 34.9 Å². The maximum Gasteiger partial charge on any atom is 0.256 e. The molecule has 3 heterocycles. The number of pyridine rings is 1. The standard InChI is InChI=1S/C21H18N4O2/c26-20-15-5-1-2-8-18(15)23-19-16(20)6-3-7-17(19)21(27)24-9-4-10-25-13-22-11-14(25)12-24/h1-3,5-8,11,13H,4,9-10,12H2,(H,23,26). The van der Waals surface area contributed by atoms with Crippen molar-refractivity contribution in [3.05, 3.63) is 76.5 Å². The highest BCUT2D eigenvalue weighted by Gasteiger charge is 2.22. The van der Waals surface area contributed by atoms with Crippen LogP contribution >= 0.6 is 0 Å². The summed E-state index contributed by atoms with van der Waals surface area (Å²) in [7, 11) is 0. The first-order valence-corrected chi connectivity index (χ1v) is 9.04. The smallest absolute Gasteiger partial charge is 0.256 e. The summed E-state index contributed by atoms with van der Waals surface area (Å²) in [5, 5.41) is 1.17. The third-order valence-electron chi connectivity index (χ3n) is 5.24. The van der Waals surface area contributed by atoms with E-state index in [1.54, 1.807) is 24.3 Å². The molecule has 27 heavy (non-hydrogen) atoms. The van der Waals surface area contributed by atoms with Gasteiger partial charge in [0.05, 0.1) is 29.6 Å². The van der Waals surface area contributed by atoms with Gasteiger partial charge < -0.3 is 14.5 Å². The lowest BCUT2D eigenvalue weighted by molar-refractivity contribution is 0.0747. The molecule has 0 bridgehead atoms. The van der Waals surface area contributed by atoms with Crippen molar-refractivity contribution in [2.24, 2.45) is 0 Å². The summed E-state index contributed by atoms with van der Waals surface area (Å²) >= 11 is 0. The summed E-state index contributed by atoms with van der Waals surface area (Å²) in [6.07, 6.45) is 4.49. The van der Waals surface area contributed by atoms with E-state index >= 15 is 0 Å². The van der Waals surface area contributed by atoms with Gasteiger partial charge in [-0.2, -0.15) is 0 Å². The molecule has 1 N–H and O–H groups in total. The molecule has 0 fully saturated rings. The van der Waals surface area contributed by atoms with Crippen LogP contribution < -0.4 is 5.43 Å². The van der Waals surface area contributed by atoms with E-state index in [1.807, 2.05) is 35.6 Å². The molecule has 0 saturated carbocycles. The fourth-order valence-electron chi connectivity index (χ4n) is 3.86. The second-order valence-corrected chi connectivity index (χ2v) is 6.89. The van der Waals surface area contributed by atoms with Gasteiger partial charge in [0.15, 0.2) is 5.43 Å². The lowest BCUT2D eigenvalue weighted by Crippen LogP contribution is -2.31. The Morgan fingerprint density at radius 1 is 1.04 bits per heavy atom. The Balaban J connectivity index is 1.64. The van der Waals surface area contributed by atoms with Crippen LogP contribution in [-0.4, -0.2) is 31.9 Å². The Morgan fingerprint density at radius 2 is 1.89 bits per heavy atom. The second-order valence-electron chi connectivity index (χ2n) is 6.89. The van der Waals surface area contributed by atoms with Gasteiger partial charge in [0, 0.05) is 35.6 Å². The molecular formula is C21H18N4O2. The summed E-state index contributed by atoms with van der Waals surface area (Å²) in [5.41, 5.74) is 2.85. The molecule has 1 amide bonds. The number of hydrogen-bond acceptors (Lipinski definition) is 3.